The van der Waals surface area contributed by atoms with E-state index in [-0.39, 0.29) is 17.9 Å². The molecule has 1 aliphatic rings. The van der Waals surface area contributed by atoms with Crippen molar-refractivity contribution in [2.75, 3.05) is 13.1 Å². The number of pyridine rings is 1. The molecular weight excluding hydrogens is 270 g/mol. The van der Waals surface area contributed by atoms with Crippen molar-refractivity contribution >= 4 is 15.9 Å². The predicted octanol–water partition coefficient (Wildman–Crippen LogP) is -0.320. The van der Waals surface area contributed by atoms with E-state index < -0.39 is 21.2 Å². The lowest BCUT2D eigenvalue weighted by atomic mass is 10.1. The Morgan fingerprint density at radius 2 is 2.26 bits per heavy atom. The van der Waals surface area contributed by atoms with Gasteiger partial charge in [-0.1, -0.05) is 0 Å². The first-order chi connectivity index (χ1) is 8.89. The van der Waals surface area contributed by atoms with Crippen LogP contribution in [0, 0.1) is 0 Å². The molecule has 7 nitrogen and oxygen atoms in total. The molecule has 0 bridgehead atoms. The first-order valence-corrected chi connectivity index (χ1v) is 7.44. The van der Waals surface area contributed by atoms with Crippen molar-refractivity contribution in [3.8, 4) is 5.75 Å². The highest BCUT2D eigenvalue weighted by Gasteiger charge is 2.31. The van der Waals surface area contributed by atoms with Crippen molar-refractivity contribution in [1.29, 1.82) is 0 Å². The minimum absolute atomic E-state index is 0.0550. The molecule has 2 rings (SSSR count). The van der Waals surface area contributed by atoms with E-state index in [0.29, 0.717) is 19.4 Å². The highest BCUT2D eigenvalue weighted by molar-refractivity contribution is 7.89. The van der Waals surface area contributed by atoms with Gasteiger partial charge in [-0.25, -0.2) is 13.6 Å². The number of primary sulfonamides is 1. The second-order valence-corrected chi connectivity index (χ2v) is 6.34. The smallest absolute Gasteiger partial charge is 0.257 e. The molecule has 1 fully saturated rings. The summed E-state index contributed by atoms with van der Waals surface area (Å²) >= 11 is 0. The minimum atomic E-state index is -3.65. The summed E-state index contributed by atoms with van der Waals surface area (Å²) in [6.45, 7) is 0.506. The van der Waals surface area contributed by atoms with E-state index in [2.05, 4.69) is 4.98 Å². The number of nitrogens with two attached hydrogens (primary N) is 1. The molecule has 19 heavy (non-hydrogen) atoms. The zero-order valence-corrected chi connectivity index (χ0v) is 11.0. The molecule has 1 aromatic heterocycles. The maximum Gasteiger partial charge on any atom is 0.257 e. The standard InChI is InChI=1S/C11H15N3O4S/c12-19(17,18)8-2-1-5-14(7-8)11(16)9-3-4-13-6-10(9)15/h3-4,6,8,15H,1-2,5,7H2,(H2,12,17,18). The molecule has 1 aromatic rings. The van der Waals surface area contributed by atoms with E-state index >= 15 is 0 Å². The molecule has 0 spiro atoms. The maximum atomic E-state index is 12.2. The fraction of sp³-hybridized carbons (Fsp3) is 0.455. The highest BCUT2D eigenvalue weighted by atomic mass is 32.2. The van der Waals surface area contributed by atoms with Gasteiger partial charge in [0.1, 0.15) is 5.75 Å². The Labute approximate surface area is 111 Å². The quantitative estimate of drug-likeness (QED) is 0.773. The van der Waals surface area contributed by atoms with Gasteiger partial charge >= 0.3 is 0 Å². The summed E-state index contributed by atoms with van der Waals surface area (Å²) in [6, 6.07) is 1.40. The molecule has 1 atom stereocenters. The van der Waals surface area contributed by atoms with Crippen LogP contribution in [-0.2, 0) is 10.0 Å². The highest BCUT2D eigenvalue weighted by Crippen LogP contribution is 2.21. The van der Waals surface area contributed by atoms with Gasteiger partial charge in [-0.05, 0) is 18.9 Å². The lowest BCUT2D eigenvalue weighted by Crippen LogP contribution is -2.47. The fourth-order valence-corrected chi connectivity index (χ4v) is 3.01. The topological polar surface area (TPSA) is 114 Å². The maximum absolute atomic E-state index is 12.2. The van der Waals surface area contributed by atoms with E-state index in [0.717, 1.165) is 0 Å². The van der Waals surface area contributed by atoms with E-state index in [4.69, 9.17) is 5.14 Å². The van der Waals surface area contributed by atoms with Crippen LogP contribution in [0.5, 0.6) is 5.75 Å². The van der Waals surface area contributed by atoms with Gasteiger partial charge in [0.2, 0.25) is 10.0 Å². The van der Waals surface area contributed by atoms with Crippen LogP contribution in [-0.4, -0.2) is 47.7 Å². The predicted molar refractivity (Wildman–Crippen MR) is 67.9 cm³/mol. The summed E-state index contributed by atoms with van der Waals surface area (Å²) in [7, 11) is -3.65. The van der Waals surface area contributed by atoms with Crippen molar-refractivity contribution in [1.82, 2.24) is 9.88 Å². The van der Waals surface area contributed by atoms with Crippen molar-refractivity contribution in [2.24, 2.45) is 5.14 Å². The number of aromatic nitrogens is 1. The van der Waals surface area contributed by atoms with Crippen LogP contribution in [0.1, 0.15) is 23.2 Å². The molecule has 2 heterocycles. The lowest BCUT2D eigenvalue weighted by molar-refractivity contribution is 0.0723. The van der Waals surface area contributed by atoms with Gasteiger partial charge in [0, 0.05) is 19.3 Å². The monoisotopic (exact) mass is 285 g/mol. The van der Waals surface area contributed by atoms with E-state index in [1.165, 1.54) is 23.4 Å². The average Bonchev–Trinajstić information content (AvgIpc) is 2.38. The summed E-state index contributed by atoms with van der Waals surface area (Å²) in [5, 5.41) is 14.0. The Hall–Kier alpha value is -1.67. The second kappa shape index (κ2) is 5.14. The molecule has 0 aliphatic carbocycles. The molecule has 104 valence electrons. The summed E-state index contributed by atoms with van der Waals surface area (Å²) in [6.07, 6.45) is 3.59. The molecule has 1 saturated heterocycles. The largest absolute Gasteiger partial charge is 0.505 e. The Balaban J connectivity index is 2.19. The molecule has 0 aromatic carbocycles. The lowest BCUT2D eigenvalue weighted by Gasteiger charge is -2.31. The van der Waals surface area contributed by atoms with Crippen LogP contribution in [0.4, 0.5) is 0 Å². The molecule has 3 N–H and O–H groups in total. The number of nitrogens with zero attached hydrogens (tertiary/aromatic N) is 2. The van der Waals surface area contributed by atoms with Crippen LogP contribution in [0.25, 0.3) is 0 Å². The Kier molecular flexibility index (Phi) is 3.72. The minimum Gasteiger partial charge on any atom is -0.505 e. The van der Waals surface area contributed by atoms with Gasteiger partial charge in [0.25, 0.3) is 5.91 Å². The molecule has 0 saturated carbocycles. The normalized spacial score (nSPS) is 20.3. The van der Waals surface area contributed by atoms with Crippen molar-refractivity contribution in [2.45, 2.75) is 18.1 Å². The van der Waals surface area contributed by atoms with Crippen molar-refractivity contribution < 1.29 is 18.3 Å². The Morgan fingerprint density at radius 3 is 2.89 bits per heavy atom. The van der Waals surface area contributed by atoms with E-state index in [9.17, 15) is 18.3 Å². The first-order valence-electron chi connectivity index (χ1n) is 5.83. The molecule has 0 radical (unpaired) electrons. The number of likely N-dealkylation sites (tertiary alicyclic amines) is 1. The number of piperidine rings is 1. The van der Waals surface area contributed by atoms with Crippen LogP contribution in [0.2, 0.25) is 0 Å². The van der Waals surface area contributed by atoms with E-state index in [1.807, 2.05) is 0 Å². The van der Waals surface area contributed by atoms with Gasteiger partial charge < -0.3 is 10.0 Å². The zero-order chi connectivity index (χ0) is 14.0. The van der Waals surface area contributed by atoms with Gasteiger partial charge in [-0.3, -0.25) is 9.78 Å². The summed E-state index contributed by atoms with van der Waals surface area (Å²) in [5.74, 6) is -0.626. The van der Waals surface area contributed by atoms with Gasteiger partial charge in [-0.15, -0.1) is 0 Å². The number of hydrogen-bond donors (Lipinski definition) is 2. The number of aromatic hydroxyl groups is 1. The summed E-state index contributed by atoms with van der Waals surface area (Å²) in [5.41, 5.74) is 0.116. The third-order valence-electron chi connectivity index (χ3n) is 3.16. The van der Waals surface area contributed by atoms with Gasteiger partial charge in [-0.2, -0.15) is 0 Å². The van der Waals surface area contributed by atoms with Gasteiger partial charge in [0.15, 0.2) is 0 Å². The molecule has 8 heteroatoms. The Bertz CT molecular complexity index is 587. The fourth-order valence-electron chi connectivity index (χ4n) is 2.13. The number of carbonyl (C=O) groups is 1. The van der Waals surface area contributed by atoms with Crippen molar-refractivity contribution in [3.05, 3.63) is 24.0 Å². The molecule has 1 aliphatic heterocycles. The van der Waals surface area contributed by atoms with Crippen LogP contribution in [0.3, 0.4) is 0 Å². The average molecular weight is 285 g/mol. The third-order valence-corrected chi connectivity index (χ3v) is 4.47. The third kappa shape index (κ3) is 3.02. The number of carbonyl (C=O) groups excluding carboxylic acids is 1. The van der Waals surface area contributed by atoms with Crippen LogP contribution < -0.4 is 5.14 Å². The molecule has 1 amide bonds. The number of hydrogen-bond acceptors (Lipinski definition) is 5. The molecule has 1 unspecified atom stereocenters. The van der Waals surface area contributed by atoms with Crippen molar-refractivity contribution in [3.63, 3.8) is 0 Å². The first kappa shape index (κ1) is 13.8. The van der Waals surface area contributed by atoms with E-state index in [1.54, 1.807) is 0 Å². The second-order valence-electron chi connectivity index (χ2n) is 4.50. The Morgan fingerprint density at radius 1 is 1.53 bits per heavy atom. The number of sulfonamides is 1. The number of rotatable bonds is 2. The number of amides is 1. The summed E-state index contributed by atoms with van der Waals surface area (Å²) < 4.78 is 22.7. The zero-order valence-electron chi connectivity index (χ0n) is 10.2. The summed E-state index contributed by atoms with van der Waals surface area (Å²) in [4.78, 5) is 17.3. The van der Waals surface area contributed by atoms with Crippen LogP contribution in [0.15, 0.2) is 18.5 Å². The van der Waals surface area contributed by atoms with Crippen LogP contribution >= 0.6 is 0 Å². The molecular formula is C11H15N3O4S. The SMILES string of the molecule is NS(=O)(=O)C1CCCN(C(=O)c2ccncc2O)C1. The van der Waals surface area contributed by atoms with Gasteiger partial charge in [0.05, 0.1) is 17.0 Å².